The Labute approximate surface area is 134 Å². The fraction of sp³-hybridized carbons (Fsp3) is 0.375. The summed E-state index contributed by atoms with van der Waals surface area (Å²) in [7, 11) is 0. The van der Waals surface area contributed by atoms with E-state index in [9.17, 15) is 0 Å². The van der Waals surface area contributed by atoms with E-state index in [1.54, 1.807) is 12.4 Å². The van der Waals surface area contributed by atoms with Crippen LogP contribution >= 0.6 is 15.9 Å². The van der Waals surface area contributed by atoms with Gasteiger partial charge < -0.3 is 10.1 Å². The lowest BCUT2D eigenvalue weighted by Gasteiger charge is -2.14. The molecule has 4 nitrogen and oxygen atoms in total. The number of hydrogen-bond acceptors (Lipinski definition) is 4. The minimum absolute atomic E-state index is 0.403. The second-order valence-electron chi connectivity index (χ2n) is 5.05. The number of aromatic nitrogens is 2. The fourth-order valence-electron chi connectivity index (χ4n) is 1.96. The van der Waals surface area contributed by atoms with Gasteiger partial charge in [0, 0.05) is 11.0 Å². The van der Waals surface area contributed by atoms with Crippen LogP contribution in [-0.2, 0) is 6.61 Å². The Hall–Kier alpha value is -1.62. The van der Waals surface area contributed by atoms with E-state index in [0.29, 0.717) is 12.5 Å². The van der Waals surface area contributed by atoms with E-state index in [0.717, 1.165) is 28.3 Å². The number of hydrogen-bond donors (Lipinski definition) is 1. The number of benzene rings is 1. The first-order valence-corrected chi connectivity index (χ1v) is 7.86. The zero-order valence-corrected chi connectivity index (χ0v) is 14.1. The highest BCUT2D eigenvalue weighted by Gasteiger charge is 2.09. The van der Waals surface area contributed by atoms with Crippen molar-refractivity contribution in [1.29, 1.82) is 0 Å². The van der Waals surface area contributed by atoms with Crippen molar-refractivity contribution in [3.63, 3.8) is 0 Å². The summed E-state index contributed by atoms with van der Waals surface area (Å²) in [5.74, 6) is 2.08. The molecule has 1 N–H and O–H groups in total. The van der Waals surface area contributed by atoms with Crippen LogP contribution in [0.15, 0.2) is 35.1 Å². The molecule has 1 aromatic heterocycles. The van der Waals surface area contributed by atoms with E-state index in [2.05, 4.69) is 51.1 Å². The molecular weight excluding hydrogens is 330 g/mol. The minimum Gasteiger partial charge on any atom is -0.487 e. The Morgan fingerprint density at radius 2 is 2.05 bits per heavy atom. The minimum atomic E-state index is 0.403. The summed E-state index contributed by atoms with van der Waals surface area (Å²) in [6, 6.07) is 6.07. The lowest BCUT2D eigenvalue weighted by Crippen LogP contribution is -2.04. The number of rotatable bonds is 6. The van der Waals surface area contributed by atoms with Crippen molar-refractivity contribution in [2.75, 3.05) is 11.9 Å². The van der Waals surface area contributed by atoms with Gasteiger partial charge in [-0.2, -0.15) is 0 Å². The molecule has 112 valence electrons. The third-order valence-corrected chi connectivity index (χ3v) is 3.53. The zero-order chi connectivity index (χ0) is 15.2. The van der Waals surface area contributed by atoms with Gasteiger partial charge in [-0.05, 0) is 36.6 Å². The van der Waals surface area contributed by atoms with Crippen molar-refractivity contribution in [2.45, 2.75) is 33.3 Å². The average molecular weight is 350 g/mol. The van der Waals surface area contributed by atoms with E-state index in [4.69, 9.17) is 4.74 Å². The summed E-state index contributed by atoms with van der Waals surface area (Å²) in [6.45, 7) is 7.58. The highest BCUT2D eigenvalue weighted by atomic mass is 79.9. The monoisotopic (exact) mass is 349 g/mol. The number of ether oxygens (including phenoxy) is 1. The van der Waals surface area contributed by atoms with Crippen LogP contribution in [0.4, 0.5) is 5.82 Å². The maximum atomic E-state index is 5.90. The normalized spacial score (nSPS) is 10.7. The molecule has 21 heavy (non-hydrogen) atoms. The SMILES string of the molecule is CCNc1cnc(COc2ccc(Br)cc2C(C)C)cn1. The molecule has 2 rings (SSSR count). The van der Waals surface area contributed by atoms with Crippen molar-refractivity contribution in [3.05, 3.63) is 46.3 Å². The van der Waals surface area contributed by atoms with Crippen molar-refractivity contribution in [3.8, 4) is 5.75 Å². The molecule has 0 aliphatic heterocycles. The molecule has 1 heterocycles. The standard InChI is InChI=1S/C16H20BrN3O/c1-4-18-16-9-19-13(8-20-16)10-21-15-6-5-12(17)7-14(15)11(2)3/h5-9,11H,4,10H2,1-3H3,(H,18,20). The third-order valence-electron chi connectivity index (χ3n) is 3.03. The molecule has 5 heteroatoms. The van der Waals surface area contributed by atoms with Gasteiger partial charge in [0.1, 0.15) is 18.2 Å². The molecular formula is C16H20BrN3O. The van der Waals surface area contributed by atoms with E-state index in [1.165, 1.54) is 5.56 Å². The molecule has 2 aromatic rings. The molecule has 0 spiro atoms. The van der Waals surface area contributed by atoms with Gasteiger partial charge in [-0.3, -0.25) is 4.98 Å². The van der Waals surface area contributed by atoms with Gasteiger partial charge in [0.15, 0.2) is 0 Å². The lowest BCUT2D eigenvalue weighted by atomic mass is 10.0. The predicted molar refractivity (Wildman–Crippen MR) is 88.8 cm³/mol. The Morgan fingerprint density at radius 3 is 2.67 bits per heavy atom. The highest BCUT2D eigenvalue weighted by molar-refractivity contribution is 9.10. The zero-order valence-electron chi connectivity index (χ0n) is 12.6. The Bertz CT molecular complexity index is 585. The maximum Gasteiger partial charge on any atom is 0.144 e. The van der Waals surface area contributed by atoms with Crippen LogP contribution in [0, 0.1) is 0 Å². The second-order valence-corrected chi connectivity index (χ2v) is 5.96. The third kappa shape index (κ3) is 4.43. The van der Waals surface area contributed by atoms with Gasteiger partial charge in [-0.1, -0.05) is 29.8 Å². The first-order valence-electron chi connectivity index (χ1n) is 7.07. The first-order chi connectivity index (χ1) is 10.1. The van der Waals surface area contributed by atoms with Crippen molar-refractivity contribution in [2.24, 2.45) is 0 Å². The maximum absolute atomic E-state index is 5.90. The van der Waals surface area contributed by atoms with Crippen LogP contribution in [0.5, 0.6) is 5.75 Å². The van der Waals surface area contributed by atoms with Crippen LogP contribution < -0.4 is 10.1 Å². The van der Waals surface area contributed by atoms with Gasteiger partial charge in [0.2, 0.25) is 0 Å². The first kappa shape index (κ1) is 15.8. The molecule has 0 saturated carbocycles. The molecule has 0 fully saturated rings. The molecule has 0 amide bonds. The van der Waals surface area contributed by atoms with E-state index in [-0.39, 0.29) is 0 Å². The van der Waals surface area contributed by atoms with Gasteiger partial charge in [-0.25, -0.2) is 4.98 Å². The summed E-state index contributed by atoms with van der Waals surface area (Å²) in [5, 5.41) is 3.12. The molecule has 0 saturated heterocycles. The van der Waals surface area contributed by atoms with Crippen LogP contribution in [0.2, 0.25) is 0 Å². The molecule has 0 aliphatic carbocycles. The largest absolute Gasteiger partial charge is 0.487 e. The number of nitrogens with one attached hydrogen (secondary N) is 1. The van der Waals surface area contributed by atoms with Crippen LogP contribution in [0.25, 0.3) is 0 Å². The van der Waals surface area contributed by atoms with Crippen molar-refractivity contribution < 1.29 is 4.74 Å². The number of nitrogens with zero attached hydrogens (tertiary/aromatic N) is 2. The Balaban J connectivity index is 2.05. The molecule has 0 unspecified atom stereocenters. The van der Waals surface area contributed by atoms with Gasteiger partial charge in [0.25, 0.3) is 0 Å². The summed E-state index contributed by atoms with van der Waals surface area (Å²) in [6.07, 6.45) is 3.47. The Morgan fingerprint density at radius 1 is 1.24 bits per heavy atom. The van der Waals surface area contributed by atoms with Crippen molar-refractivity contribution in [1.82, 2.24) is 9.97 Å². The number of anilines is 1. The van der Waals surface area contributed by atoms with E-state index in [1.807, 2.05) is 19.1 Å². The molecule has 0 bridgehead atoms. The van der Waals surface area contributed by atoms with Gasteiger partial charge >= 0.3 is 0 Å². The molecule has 0 aliphatic rings. The predicted octanol–water partition coefficient (Wildman–Crippen LogP) is 4.37. The quantitative estimate of drug-likeness (QED) is 0.840. The topological polar surface area (TPSA) is 47.0 Å². The smallest absolute Gasteiger partial charge is 0.144 e. The average Bonchev–Trinajstić information content (AvgIpc) is 2.47. The van der Waals surface area contributed by atoms with Crippen LogP contribution in [0.3, 0.4) is 0 Å². The van der Waals surface area contributed by atoms with E-state index >= 15 is 0 Å². The Kier molecular flexibility index (Phi) is 5.56. The summed E-state index contributed by atoms with van der Waals surface area (Å²) >= 11 is 3.50. The van der Waals surface area contributed by atoms with E-state index < -0.39 is 0 Å². The van der Waals surface area contributed by atoms with Gasteiger partial charge in [0.05, 0.1) is 18.1 Å². The summed E-state index contributed by atoms with van der Waals surface area (Å²) in [4.78, 5) is 8.64. The van der Waals surface area contributed by atoms with Crippen molar-refractivity contribution >= 4 is 21.7 Å². The second kappa shape index (κ2) is 7.41. The fourth-order valence-corrected chi connectivity index (χ4v) is 2.33. The molecule has 0 radical (unpaired) electrons. The van der Waals surface area contributed by atoms with Gasteiger partial charge in [-0.15, -0.1) is 0 Å². The highest BCUT2D eigenvalue weighted by Crippen LogP contribution is 2.29. The summed E-state index contributed by atoms with van der Waals surface area (Å²) in [5.41, 5.74) is 2.00. The molecule has 0 atom stereocenters. The lowest BCUT2D eigenvalue weighted by molar-refractivity contribution is 0.296. The van der Waals surface area contributed by atoms with Crippen LogP contribution in [0.1, 0.15) is 37.9 Å². The van der Waals surface area contributed by atoms with Crippen LogP contribution in [-0.4, -0.2) is 16.5 Å². The number of halogens is 1. The summed E-state index contributed by atoms with van der Waals surface area (Å²) < 4.78 is 6.96. The molecule has 1 aromatic carbocycles.